The van der Waals surface area contributed by atoms with E-state index in [1.165, 1.54) is 30.7 Å². The van der Waals surface area contributed by atoms with Crippen LogP contribution in [-0.4, -0.2) is 27.3 Å². The zero-order chi connectivity index (χ0) is 13.7. The second-order valence-electron chi connectivity index (χ2n) is 3.65. The van der Waals surface area contributed by atoms with Gasteiger partial charge in [0, 0.05) is 11.8 Å². The average Bonchev–Trinajstić information content (AvgIpc) is 2.41. The summed E-state index contributed by atoms with van der Waals surface area (Å²) in [5.41, 5.74) is 2.79. The molecule has 0 radical (unpaired) electrons. The van der Waals surface area contributed by atoms with Gasteiger partial charge in [-0.15, -0.1) is 0 Å². The first-order valence-corrected chi connectivity index (χ1v) is 5.43. The van der Waals surface area contributed by atoms with Crippen LogP contribution in [0.25, 0.3) is 0 Å². The van der Waals surface area contributed by atoms with E-state index in [-0.39, 0.29) is 17.1 Å². The largest absolute Gasteiger partial charge is 0.507 e. The average molecular weight is 257 g/mol. The van der Waals surface area contributed by atoms with E-state index in [1.54, 1.807) is 18.2 Å². The molecule has 0 bridgehead atoms. The van der Waals surface area contributed by atoms with Gasteiger partial charge in [0.05, 0.1) is 18.0 Å². The number of nitrogens with zero attached hydrogens (tertiary/aromatic N) is 2. The Morgan fingerprint density at radius 2 is 2.00 bits per heavy atom. The zero-order valence-corrected chi connectivity index (χ0v) is 9.82. The van der Waals surface area contributed by atoms with E-state index in [1.807, 2.05) is 0 Å². The lowest BCUT2D eigenvalue weighted by atomic mass is 10.2. The SMILES string of the molecule is O=C(N/N=C/c1ccccc1O)c1ccncc1O. The second-order valence-corrected chi connectivity index (χ2v) is 3.65. The number of benzene rings is 1. The number of hydrogen-bond donors (Lipinski definition) is 3. The van der Waals surface area contributed by atoms with Crippen molar-refractivity contribution in [1.29, 1.82) is 0 Å². The maximum atomic E-state index is 11.7. The molecule has 2 rings (SSSR count). The fourth-order valence-electron chi connectivity index (χ4n) is 1.40. The highest BCUT2D eigenvalue weighted by atomic mass is 16.3. The van der Waals surface area contributed by atoms with E-state index >= 15 is 0 Å². The highest BCUT2D eigenvalue weighted by Gasteiger charge is 2.09. The van der Waals surface area contributed by atoms with Gasteiger partial charge in [0.15, 0.2) is 0 Å². The Labute approximate surface area is 109 Å². The third kappa shape index (κ3) is 3.06. The normalized spacial score (nSPS) is 10.5. The number of amides is 1. The van der Waals surface area contributed by atoms with E-state index < -0.39 is 5.91 Å². The monoisotopic (exact) mass is 257 g/mol. The van der Waals surface area contributed by atoms with Gasteiger partial charge < -0.3 is 10.2 Å². The Morgan fingerprint density at radius 1 is 1.21 bits per heavy atom. The van der Waals surface area contributed by atoms with Crippen LogP contribution >= 0.6 is 0 Å². The Kier molecular flexibility index (Phi) is 3.72. The van der Waals surface area contributed by atoms with Crippen molar-refractivity contribution in [3.8, 4) is 11.5 Å². The van der Waals surface area contributed by atoms with Gasteiger partial charge in [-0.2, -0.15) is 5.10 Å². The van der Waals surface area contributed by atoms with Crippen LogP contribution < -0.4 is 5.43 Å². The van der Waals surface area contributed by atoms with Crippen molar-refractivity contribution in [3.63, 3.8) is 0 Å². The van der Waals surface area contributed by atoms with Gasteiger partial charge in [-0.3, -0.25) is 9.78 Å². The molecule has 96 valence electrons. The van der Waals surface area contributed by atoms with Crippen LogP contribution in [0.1, 0.15) is 15.9 Å². The third-order valence-corrected chi connectivity index (χ3v) is 2.35. The summed E-state index contributed by atoms with van der Waals surface area (Å²) in [6, 6.07) is 7.95. The molecule has 0 saturated heterocycles. The number of para-hydroxylation sites is 1. The van der Waals surface area contributed by atoms with E-state index in [9.17, 15) is 15.0 Å². The van der Waals surface area contributed by atoms with Crippen LogP contribution in [0.2, 0.25) is 0 Å². The molecule has 0 aliphatic carbocycles. The number of nitrogens with one attached hydrogen (secondary N) is 1. The molecule has 1 aromatic heterocycles. The summed E-state index contributed by atoms with van der Waals surface area (Å²) in [6.07, 6.45) is 3.87. The van der Waals surface area contributed by atoms with Gasteiger partial charge in [0.2, 0.25) is 0 Å². The molecule has 1 aromatic carbocycles. The van der Waals surface area contributed by atoms with E-state index in [2.05, 4.69) is 15.5 Å². The lowest BCUT2D eigenvalue weighted by Gasteiger charge is -2.01. The molecule has 1 amide bonds. The van der Waals surface area contributed by atoms with E-state index in [0.29, 0.717) is 5.56 Å². The van der Waals surface area contributed by atoms with Gasteiger partial charge in [-0.25, -0.2) is 5.43 Å². The molecule has 6 nitrogen and oxygen atoms in total. The minimum atomic E-state index is -0.563. The van der Waals surface area contributed by atoms with Gasteiger partial charge in [-0.1, -0.05) is 12.1 Å². The summed E-state index contributed by atoms with van der Waals surface area (Å²) in [6.45, 7) is 0. The summed E-state index contributed by atoms with van der Waals surface area (Å²) < 4.78 is 0. The molecular formula is C13H11N3O3. The van der Waals surface area contributed by atoms with Crippen molar-refractivity contribution >= 4 is 12.1 Å². The number of phenols is 1. The number of pyridine rings is 1. The van der Waals surface area contributed by atoms with Gasteiger partial charge in [0.25, 0.3) is 5.91 Å². The quantitative estimate of drug-likeness (QED) is 0.569. The molecule has 0 fully saturated rings. The zero-order valence-electron chi connectivity index (χ0n) is 9.82. The van der Waals surface area contributed by atoms with Crippen LogP contribution in [0.5, 0.6) is 11.5 Å². The molecule has 19 heavy (non-hydrogen) atoms. The number of phenolic OH excluding ortho intramolecular Hbond substituents is 1. The number of rotatable bonds is 3. The molecule has 2 aromatic rings. The van der Waals surface area contributed by atoms with Crippen molar-refractivity contribution in [2.45, 2.75) is 0 Å². The van der Waals surface area contributed by atoms with Crippen molar-refractivity contribution in [1.82, 2.24) is 10.4 Å². The molecule has 0 saturated carbocycles. The molecule has 3 N–H and O–H groups in total. The van der Waals surface area contributed by atoms with E-state index in [4.69, 9.17) is 0 Å². The van der Waals surface area contributed by atoms with Crippen LogP contribution in [0, 0.1) is 0 Å². The molecule has 0 atom stereocenters. The predicted molar refractivity (Wildman–Crippen MR) is 69.1 cm³/mol. The Bertz CT molecular complexity index is 626. The number of carbonyl (C=O) groups is 1. The minimum Gasteiger partial charge on any atom is -0.507 e. The first-order chi connectivity index (χ1) is 9.18. The predicted octanol–water partition coefficient (Wildman–Crippen LogP) is 1.26. The fraction of sp³-hybridized carbons (Fsp3) is 0. The number of aromatic hydroxyl groups is 2. The maximum Gasteiger partial charge on any atom is 0.275 e. The smallest absolute Gasteiger partial charge is 0.275 e. The highest BCUT2D eigenvalue weighted by Crippen LogP contribution is 2.14. The lowest BCUT2D eigenvalue weighted by molar-refractivity contribution is 0.0952. The third-order valence-electron chi connectivity index (χ3n) is 2.35. The van der Waals surface area contributed by atoms with E-state index in [0.717, 1.165) is 0 Å². The molecule has 0 unspecified atom stereocenters. The maximum absolute atomic E-state index is 11.7. The van der Waals surface area contributed by atoms with Gasteiger partial charge >= 0.3 is 0 Å². The standard InChI is InChI=1S/C13H11N3O3/c17-11-4-2-1-3-9(11)7-15-16-13(19)10-5-6-14-8-12(10)18/h1-8,17-18H,(H,16,19)/b15-7+. The Balaban J connectivity index is 2.06. The number of aromatic nitrogens is 1. The molecule has 0 aliphatic rings. The molecular weight excluding hydrogens is 246 g/mol. The Morgan fingerprint density at radius 3 is 2.74 bits per heavy atom. The van der Waals surface area contributed by atoms with Crippen molar-refractivity contribution in [2.24, 2.45) is 5.10 Å². The molecule has 6 heteroatoms. The number of hydrogen-bond acceptors (Lipinski definition) is 5. The summed E-state index contributed by atoms with van der Waals surface area (Å²) in [7, 11) is 0. The molecule has 0 spiro atoms. The minimum absolute atomic E-state index is 0.0623. The Hall–Kier alpha value is -2.89. The molecule has 0 aliphatic heterocycles. The fourth-order valence-corrected chi connectivity index (χ4v) is 1.40. The molecule has 1 heterocycles. The van der Waals surface area contributed by atoms with Crippen LogP contribution in [0.4, 0.5) is 0 Å². The van der Waals surface area contributed by atoms with Crippen molar-refractivity contribution in [2.75, 3.05) is 0 Å². The van der Waals surface area contributed by atoms with Gasteiger partial charge in [0.1, 0.15) is 11.5 Å². The lowest BCUT2D eigenvalue weighted by Crippen LogP contribution is -2.17. The number of hydrazone groups is 1. The summed E-state index contributed by atoms with van der Waals surface area (Å²) in [5.74, 6) is -0.725. The first kappa shape index (κ1) is 12.6. The highest BCUT2D eigenvalue weighted by molar-refractivity contribution is 5.97. The first-order valence-electron chi connectivity index (χ1n) is 5.43. The topological polar surface area (TPSA) is 94.8 Å². The summed E-state index contributed by atoms with van der Waals surface area (Å²) in [5, 5.41) is 22.6. The van der Waals surface area contributed by atoms with Crippen LogP contribution in [0.15, 0.2) is 47.8 Å². The van der Waals surface area contributed by atoms with Gasteiger partial charge in [-0.05, 0) is 18.2 Å². The van der Waals surface area contributed by atoms with Crippen LogP contribution in [0.3, 0.4) is 0 Å². The van der Waals surface area contributed by atoms with Crippen molar-refractivity contribution < 1.29 is 15.0 Å². The summed E-state index contributed by atoms with van der Waals surface area (Å²) >= 11 is 0. The van der Waals surface area contributed by atoms with Crippen molar-refractivity contribution in [3.05, 3.63) is 53.9 Å². The van der Waals surface area contributed by atoms with Crippen LogP contribution in [-0.2, 0) is 0 Å². The number of carbonyl (C=O) groups excluding carboxylic acids is 1. The second kappa shape index (κ2) is 5.63. The summed E-state index contributed by atoms with van der Waals surface area (Å²) in [4.78, 5) is 15.3.